The first-order chi connectivity index (χ1) is 9.08. The number of rotatable bonds is 5. The first-order valence-electron chi connectivity index (χ1n) is 5.59. The first kappa shape index (κ1) is 12.8. The molecular formula is C11H13N5O3. The molecule has 8 nitrogen and oxygen atoms in total. The van der Waals surface area contributed by atoms with Crippen molar-refractivity contribution in [2.24, 2.45) is 0 Å². The Morgan fingerprint density at radius 3 is 2.68 bits per heavy atom. The Balaban J connectivity index is 2.15. The van der Waals surface area contributed by atoms with Gasteiger partial charge in [-0.15, -0.1) is 0 Å². The number of nitrogens with zero attached hydrogens (tertiary/aromatic N) is 3. The van der Waals surface area contributed by atoms with Crippen molar-refractivity contribution < 1.29 is 9.45 Å². The minimum absolute atomic E-state index is 0.0102. The van der Waals surface area contributed by atoms with Gasteiger partial charge in [-0.25, -0.2) is 0 Å². The van der Waals surface area contributed by atoms with Crippen LogP contribution in [0.5, 0.6) is 0 Å². The van der Waals surface area contributed by atoms with Crippen LogP contribution in [-0.4, -0.2) is 22.1 Å². The van der Waals surface area contributed by atoms with Crippen LogP contribution >= 0.6 is 0 Å². The number of aromatic nitrogens is 2. The fraction of sp³-hybridized carbons (Fsp3) is 0.273. The monoisotopic (exact) mass is 263 g/mol. The van der Waals surface area contributed by atoms with E-state index < -0.39 is 4.92 Å². The number of nitro groups is 1. The van der Waals surface area contributed by atoms with E-state index in [-0.39, 0.29) is 5.69 Å². The molecular weight excluding hydrogens is 250 g/mol. The Bertz CT molecular complexity index is 596. The molecule has 0 amide bonds. The molecule has 0 saturated heterocycles. The third kappa shape index (κ3) is 3.18. The van der Waals surface area contributed by atoms with Gasteiger partial charge in [-0.2, -0.15) is 4.98 Å². The summed E-state index contributed by atoms with van der Waals surface area (Å²) in [4.78, 5) is 14.4. The van der Waals surface area contributed by atoms with Crippen LogP contribution in [0.25, 0.3) is 0 Å². The molecule has 0 aliphatic rings. The van der Waals surface area contributed by atoms with E-state index in [1.165, 1.54) is 12.1 Å². The van der Waals surface area contributed by atoms with E-state index in [0.717, 1.165) is 0 Å². The number of anilines is 2. The lowest BCUT2D eigenvalue weighted by atomic mass is 10.2. The Morgan fingerprint density at radius 1 is 1.37 bits per heavy atom. The summed E-state index contributed by atoms with van der Waals surface area (Å²) in [5.41, 5.74) is 1.27. The molecule has 1 heterocycles. The van der Waals surface area contributed by atoms with E-state index in [2.05, 4.69) is 20.8 Å². The molecule has 0 aliphatic heterocycles. The first-order valence-corrected chi connectivity index (χ1v) is 5.59. The van der Waals surface area contributed by atoms with E-state index in [4.69, 9.17) is 4.52 Å². The van der Waals surface area contributed by atoms with Gasteiger partial charge in [0, 0.05) is 30.6 Å². The van der Waals surface area contributed by atoms with E-state index in [1.807, 2.05) is 0 Å². The highest BCUT2D eigenvalue weighted by molar-refractivity contribution is 5.63. The molecule has 100 valence electrons. The normalized spacial score (nSPS) is 10.2. The summed E-state index contributed by atoms with van der Waals surface area (Å²) in [5, 5.41) is 20.3. The van der Waals surface area contributed by atoms with Crippen molar-refractivity contribution in [2.75, 3.05) is 17.7 Å². The number of aryl methyl sites for hydroxylation is 1. The highest BCUT2D eigenvalue weighted by Crippen LogP contribution is 2.24. The lowest BCUT2D eigenvalue weighted by Crippen LogP contribution is -2.02. The number of nitro benzene ring substituents is 1. The molecule has 0 aliphatic carbocycles. The molecule has 0 atom stereocenters. The Kier molecular flexibility index (Phi) is 3.60. The maximum atomic E-state index is 10.8. The number of hydrogen-bond acceptors (Lipinski definition) is 7. The number of hydrogen-bond donors (Lipinski definition) is 2. The SMILES string of the molecule is CNc1cc(NCc2nc(C)no2)cc([N+](=O)[O-])c1. The van der Waals surface area contributed by atoms with Gasteiger partial charge in [-0.3, -0.25) is 10.1 Å². The molecule has 0 unspecified atom stereocenters. The minimum Gasteiger partial charge on any atom is -0.388 e. The van der Waals surface area contributed by atoms with E-state index in [1.54, 1.807) is 20.0 Å². The molecule has 8 heteroatoms. The van der Waals surface area contributed by atoms with Gasteiger partial charge in [-0.05, 0) is 13.0 Å². The zero-order valence-electron chi connectivity index (χ0n) is 10.5. The molecule has 2 rings (SSSR count). The van der Waals surface area contributed by atoms with Crippen LogP contribution in [0, 0.1) is 17.0 Å². The topological polar surface area (TPSA) is 106 Å². The third-order valence-corrected chi connectivity index (χ3v) is 2.43. The highest BCUT2D eigenvalue weighted by atomic mass is 16.6. The smallest absolute Gasteiger partial charge is 0.273 e. The van der Waals surface area contributed by atoms with Gasteiger partial charge in [0.05, 0.1) is 11.5 Å². The predicted octanol–water partition coefficient (Wildman–Crippen LogP) is 1.94. The lowest BCUT2D eigenvalue weighted by molar-refractivity contribution is -0.384. The van der Waals surface area contributed by atoms with E-state index in [0.29, 0.717) is 29.6 Å². The largest absolute Gasteiger partial charge is 0.388 e. The van der Waals surface area contributed by atoms with Crippen LogP contribution in [0.1, 0.15) is 11.7 Å². The molecule has 0 fully saturated rings. The van der Waals surface area contributed by atoms with Crippen molar-refractivity contribution in [3.8, 4) is 0 Å². The van der Waals surface area contributed by atoms with Crippen LogP contribution in [-0.2, 0) is 6.54 Å². The fourth-order valence-corrected chi connectivity index (χ4v) is 1.55. The lowest BCUT2D eigenvalue weighted by Gasteiger charge is -2.06. The molecule has 0 spiro atoms. The molecule has 1 aromatic heterocycles. The Morgan fingerprint density at radius 2 is 2.11 bits per heavy atom. The van der Waals surface area contributed by atoms with Crippen LogP contribution < -0.4 is 10.6 Å². The Labute approximate surface area is 109 Å². The van der Waals surface area contributed by atoms with Crippen molar-refractivity contribution >= 4 is 17.1 Å². The van der Waals surface area contributed by atoms with Crippen molar-refractivity contribution in [2.45, 2.75) is 13.5 Å². The molecule has 2 aromatic rings. The van der Waals surface area contributed by atoms with Crippen molar-refractivity contribution in [1.29, 1.82) is 0 Å². The second kappa shape index (κ2) is 5.34. The van der Waals surface area contributed by atoms with Gasteiger partial charge in [0.1, 0.15) is 0 Å². The summed E-state index contributed by atoms with van der Waals surface area (Å²) in [6.07, 6.45) is 0. The maximum absolute atomic E-state index is 10.8. The number of nitrogens with one attached hydrogen (secondary N) is 2. The van der Waals surface area contributed by atoms with Gasteiger partial charge < -0.3 is 15.2 Å². The number of non-ortho nitro benzene ring substituents is 1. The van der Waals surface area contributed by atoms with Gasteiger partial charge >= 0.3 is 0 Å². The molecule has 0 saturated carbocycles. The molecule has 2 N–H and O–H groups in total. The second-order valence-electron chi connectivity index (χ2n) is 3.86. The van der Waals surface area contributed by atoms with Crippen LogP contribution in [0.3, 0.4) is 0 Å². The molecule has 0 bridgehead atoms. The zero-order valence-corrected chi connectivity index (χ0v) is 10.5. The van der Waals surface area contributed by atoms with Crippen LogP contribution in [0.15, 0.2) is 22.7 Å². The quantitative estimate of drug-likeness (QED) is 0.627. The molecule has 19 heavy (non-hydrogen) atoms. The summed E-state index contributed by atoms with van der Waals surface area (Å²) in [5.74, 6) is 0.974. The third-order valence-electron chi connectivity index (χ3n) is 2.43. The average Bonchev–Trinajstić information content (AvgIpc) is 2.81. The summed E-state index contributed by atoms with van der Waals surface area (Å²) in [7, 11) is 1.70. The van der Waals surface area contributed by atoms with Gasteiger partial charge in [0.15, 0.2) is 5.82 Å². The van der Waals surface area contributed by atoms with Gasteiger partial charge in [0.2, 0.25) is 5.89 Å². The summed E-state index contributed by atoms with van der Waals surface area (Å²) >= 11 is 0. The van der Waals surface area contributed by atoms with E-state index in [9.17, 15) is 10.1 Å². The van der Waals surface area contributed by atoms with Crippen molar-refractivity contribution in [3.05, 3.63) is 40.0 Å². The minimum atomic E-state index is -0.442. The standard InChI is InChI=1S/C11H13N5O3/c1-7-14-11(19-15-7)6-13-9-3-8(12-2)4-10(5-9)16(17)18/h3-5,12-13H,6H2,1-2H3. The fourth-order valence-electron chi connectivity index (χ4n) is 1.55. The van der Waals surface area contributed by atoms with Crippen LogP contribution in [0.4, 0.5) is 17.1 Å². The van der Waals surface area contributed by atoms with Crippen molar-refractivity contribution in [3.63, 3.8) is 0 Å². The van der Waals surface area contributed by atoms with Crippen molar-refractivity contribution in [1.82, 2.24) is 10.1 Å². The molecule has 0 radical (unpaired) electrons. The maximum Gasteiger partial charge on any atom is 0.273 e. The second-order valence-corrected chi connectivity index (χ2v) is 3.86. The van der Waals surface area contributed by atoms with Gasteiger partial charge in [0.25, 0.3) is 5.69 Å². The van der Waals surface area contributed by atoms with Gasteiger partial charge in [-0.1, -0.05) is 5.16 Å². The summed E-state index contributed by atoms with van der Waals surface area (Å²) in [6.45, 7) is 2.03. The molecule has 1 aromatic carbocycles. The predicted molar refractivity (Wildman–Crippen MR) is 69.0 cm³/mol. The summed E-state index contributed by atoms with van der Waals surface area (Å²) in [6, 6.07) is 4.67. The summed E-state index contributed by atoms with van der Waals surface area (Å²) < 4.78 is 4.95. The average molecular weight is 263 g/mol. The zero-order chi connectivity index (χ0) is 13.8. The Hall–Kier alpha value is -2.64. The number of benzene rings is 1. The highest BCUT2D eigenvalue weighted by Gasteiger charge is 2.10. The van der Waals surface area contributed by atoms with E-state index >= 15 is 0 Å². The van der Waals surface area contributed by atoms with Crippen LogP contribution in [0.2, 0.25) is 0 Å².